The zero-order chi connectivity index (χ0) is 12.3. The predicted molar refractivity (Wildman–Crippen MR) is 79.7 cm³/mol. The average molecular weight is 332 g/mol. The van der Waals surface area contributed by atoms with E-state index in [2.05, 4.69) is 27.4 Å². The first-order chi connectivity index (χ1) is 8.26. The molecule has 0 aromatic carbocycles. The molecule has 17 heavy (non-hydrogen) atoms. The number of nitrogens with zero attached hydrogens (tertiary/aromatic N) is 1. The molecule has 0 saturated carbocycles. The molecular formula is C12H14BrNOS2. The third-order valence-electron chi connectivity index (χ3n) is 2.58. The highest BCUT2D eigenvalue weighted by atomic mass is 79.9. The van der Waals surface area contributed by atoms with Gasteiger partial charge >= 0.3 is 0 Å². The quantitative estimate of drug-likeness (QED) is 0.751. The van der Waals surface area contributed by atoms with E-state index in [-0.39, 0.29) is 5.91 Å². The molecule has 0 N–H and O–H groups in total. The summed E-state index contributed by atoms with van der Waals surface area (Å²) in [6, 6.07) is 4.10. The van der Waals surface area contributed by atoms with Gasteiger partial charge < -0.3 is 4.90 Å². The van der Waals surface area contributed by atoms with Crippen LogP contribution in [-0.4, -0.2) is 29.2 Å². The first kappa shape index (κ1) is 13.1. The fourth-order valence-electron chi connectivity index (χ4n) is 1.68. The van der Waals surface area contributed by atoms with Gasteiger partial charge in [-0.05, 0) is 30.9 Å². The number of rotatable bonds is 5. The Bertz CT molecular complexity index is 477. The molecule has 0 unspecified atom stereocenters. The van der Waals surface area contributed by atoms with Crippen molar-refractivity contribution in [1.29, 1.82) is 0 Å². The second-order valence-corrected chi connectivity index (χ2v) is 6.51. The first-order valence-corrected chi connectivity index (χ1v) is 8.40. The second-order valence-electron chi connectivity index (χ2n) is 3.69. The van der Waals surface area contributed by atoms with Gasteiger partial charge in [0.1, 0.15) is 0 Å². The molecule has 92 valence electrons. The summed E-state index contributed by atoms with van der Waals surface area (Å²) in [5.41, 5.74) is 0. The van der Waals surface area contributed by atoms with Crippen molar-refractivity contribution >= 4 is 53.9 Å². The molecule has 2 heterocycles. The van der Waals surface area contributed by atoms with E-state index in [9.17, 15) is 4.79 Å². The van der Waals surface area contributed by atoms with Crippen LogP contribution in [0.4, 0.5) is 0 Å². The Balaban J connectivity index is 2.14. The van der Waals surface area contributed by atoms with E-state index in [0.29, 0.717) is 0 Å². The summed E-state index contributed by atoms with van der Waals surface area (Å²) in [5.74, 6) is 0.168. The lowest BCUT2D eigenvalue weighted by Crippen LogP contribution is -2.31. The van der Waals surface area contributed by atoms with E-state index in [0.717, 1.165) is 29.7 Å². The molecule has 0 aliphatic carbocycles. The molecule has 2 aromatic rings. The summed E-state index contributed by atoms with van der Waals surface area (Å²) < 4.78 is 2.43. The van der Waals surface area contributed by atoms with Crippen molar-refractivity contribution in [3.63, 3.8) is 0 Å². The molecule has 0 spiro atoms. The summed E-state index contributed by atoms with van der Waals surface area (Å²) in [6.07, 6.45) is 0.999. The maximum Gasteiger partial charge on any atom is 0.263 e. The largest absolute Gasteiger partial charge is 0.338 e. The highest BCUT2D eigenvalue weighted by Gasteiger charge is 2.16. The minimum atomic E-state index is 0.168. The molecule has 0 fully saturated rings. The summed E-state index contributed by atoms with van der Waals surface area (Å²) in [7, 11) is 0. The fourth-order valence-corrected chi connectivity index (χ4v) is 4.01. The molecule has 0 radical (unpaired) electrons. The molecule has 0 saturated heterocycles. The van der Waals surface area contributed by atoms with Crippen LogP contribution in [0.5, 0.6) is 0 Å². The summed E-state index contributed by atoms with van der Waals surface area (Å²) in [4.78, 5) is 15.1. The van der Waals surface area contributed by atoms with Gasteiger partial charge in [0.15, 0.2) is 0 Å². The first-order valence-electron chi connectivity index (χ1n) is 5.58. The molecular weight excluding hydrogens is 318 g/mol. The lowest BCUT2D eigenvalue weighted by Gasteiger charge is -2.19. The van der Waals surface area contributed by atoms with E-state index >= 15 is 0 Å². The number of fused-ring (bicyclic) bond motifs is 1. The molecule has 1 amide bonds. The van der Waals surface area contributed by atoms with Gasteiger partial charge in [0.2, 0.25) is 0 Å². The third-order valence-corrected chi connectivity index (χ3v) is 5.22. The van der Waals surface area contributed by atoms with Crippen molar-refractivity contribution in [2.75, 3.05) is 18.4 Å². The number of hydrogen-bond acceptors (Lipinski definition) is 3. The third kappa shape index (κ3) is 2.89. The van der Waals surface area contributed by atoms with Gasteiger partial charge in [-0.25, -0.2) is 0 Å². The molecule has 0 bridgehead atoms. The number of hydrogen-bond donors (Lipinski definition) is 0. The van der Waals surface area contributed by atoms with Crippen LogP contribution in [0.1, 0.15) is 23.0 Å². The maximum absolute atomic E-state index is 12.3. The number of amides is 1. The van der Waals surface area contributed by atoms with Crippen LogP contribution >= 0.6 is 38.6 Å². The Morgan fingerprint density at radius 3 is 2.94 bits per heavy atom. The lowest BCUT2D eigenvalue weighted by molar-refractivity contribution is 0.0770. The number of alkyl halides is 1. The van der Waals surface area contributed by atoms with Crippen LogP contribution in [0.3, 0.4) is 0 Å². The Hall–Kier alpha value is -0.390. The van der Waals surface area contributed by atoms with Crippen LogP contribution in [0.15, 0.2) is 17.5 Å². The smallest absolute Gasteiger partial charge is 0.263 e. The summed E-state index contributed by atoms with van der Waals surface area (Å²) >= 11 is 6.69. The molecule has 2 nitrogen and oxygen atoms in total. The topological polar surface area (TPSA) is 20.3 Å². The van der Waals surface area contributed by atoms with Gasteiger partial charge in [0, 0.05) is 27.8 Å². The van der Waals surface area contributed by atoms with E-state index in [4.69, 9.17) is 0 Å². The number of carbonyl (C=O) groups is 1. The van der Waals surface area contributed by atoms with Crippen molar-refractivity contribution in [2.45, 2.75) is 13.3 Å². The van der Waals surface area contributed by atoms with Gasteiger partial charge in [-0.15, -0.1) is 22.7 Å². The molecule has 0 aliphatic heterocycles. The number of thiophene rings is 2. The van der Waals surface area contributed by atoms with Gasteiger partial charge in [-0.1, -0.05) is 15.9 Å². The monoisotopic (exact) mass is 331 g/mol. The van der Waals surface area contributed by atoms with E-state index in [1.54, 1.807) is 22.7 Å². The van der Waals surface area contributed by atoms with Crippen molar-refractivity contribution in [3.8, 4) is 0 Å². The zero-order valence-corrected chi connectivity index (χ0v) is 12.8. The average Bonchev–Trinajstić information content (AvgIpc) is 2.89. The Morgan fingerprint density at radius 2 is 2.29 bits per heavy atom. The van der Waals surface area contributed by atoms with E-state index < -0.39 is 0 Å². The SMILES string of the molecule is CCN(CCCBr)C(=O)c1cc2sccc2s1. The standard InChI is InChI=1S/C12H14BrNOS2/c1-2-14(6-3-5-13)12(15)11-8-10-9(17-11)4-7-16-10/h4,7-8H,2-3,5-6H2,1H3. The second kappa shape index (κ2) is 5.98. The highest BCUT2D eigenvalue weighted by Crippen LogP contribution is 2.30. The fraction of sp³-hybridized carbons (Fsp3) is 0.417. The Morgan fingerprint density at radius 1 is 1.47 bits per heavy atom. The summed E-state index contributed by atoms with van der Waals surface area (Å²) in [5, 5.41) is 3.01. The molecule has 0 atom stereocenters. The van der Waals surface area contributed by atoms with E-state index in [1.165, 1.54) is 9.40 Å². The van der Waals surface area contributed by atoms with Gasteiger partial charge in [0.05, 0.1) is 4.88 Å². The van der Waals surface area contributed by atoms with Gasteiger partial charge in [0.25, 0.3) is 5.91 Å². The zero-order valence-electron chi connectivity index (χ0n) is 9.61. The number of halogens is 1. The van der Waals surface area contributed by atoms with Crippen molar-refractivity contribution in [3.05, 3.63) is 22.4 Å². The van der Waals surface area contributed by atoms with Crippen LogP contribution in [-0.2, 0) is 0 Å². The van der Waals surface area contributed by atoms with E-state index in [1.807, 2.05) is 17.9 Å². The minimum absolute atomic E-state index is 0.168. The van der Waals surface area contributed by atoms with Gasteiger partial charge in [-0.3, -0.25) is 4.79 Å². The minimum Gasteiger partial charge on any atom is -0.338 e. The maximum atomic E-state index is 12.3. The normalized spacial score (nSPS) is 10.9. The summed E-state index contributed by atoms with van der Waals surface area (Å²) in [6.45, 7) is 3.63. The molecule has 5 heteroatoms. The Kier molecular flexibility index (Phi) is 4.59. The van der Waals surface area contributed by atoms with Gasteiger partial charge in [-0.2, -0.15) is 0 Å². The number of carbonyl (C=O) groups excluding carboxylic acids is 1. The molecule has 2 aromatic heterocycles. The predicted octanol–water partition coefficient (Wildman–Crippen LogP) is 4.21. The van der Waals surface area contributed by atoms with Crippen molar-refractivity contribution in [1.82, 2.24) is 4.90 Å². The van der Waals surface area contributed by atoms with Crippen LogP contribution in [0.2, 0.25) is 0 Å². The van der Waals surface area contributed by atoms with Crippen molar-refractivity contribution < 1.29 is 4.79 Å². The lowest BCUT2D eigenvalue weighted by atomic mass is 10.3. The highest BCUT2D eigenvalue weighted by molar-refractivity contribution is 9.09. The molecule has 2 rings (SSSR count). The Labute approximate surface area is 117 Å². The van der Waals surface area contributed by atoms with Crippen LogP contribution in [0.25, 0.3) is 9.40 Å². The van der Waals surface area contributed by atoms with Crippen molar-refractivity contribution in [2.24, 2.45) is 0 Å². The van der Waals surface area contributed by atoms with Crippen LogP contribution < -0.4 is 0 Å². The van der Waals surface area contributed by atoms with Crippen LogP contribution in [0, 0.1) is 0 Å². The molecule has 0 aliphatic rings.